The van der Waals surface area contributed by atoms with Crippen molar-refractivity contribution in [3.05, 3.63) is 96.3 Å². The Morgan fingerprint density at radius 2 is 1.57 bits per heavy atom. The van der Waals surface area contributed by atoms with Crippen LogP contribution in [0.4, 0.5) is 0 Å². The lowest BCUT2D eigenvalue weighted by atomic mass is 10.1. The van der Waals surface area contributed by atoms with E-state index in [1.165, 1.54) is 6.33 Å². The molecule has 47 heavy (non-hydrogen) atoms. The number of benzene rings is 2. The molecule has 246 valence electrons. The summed E-state index contributed by atoms with van der Waals surface area (Å²) in [6.07, 6.45) is 4.85. The number of hydrogen-bond donors (Lipinski definition) is 4. The second-order valence-corrected chi connectivity index (χ2v) is 10.8. The van der Waals surface area contributed by atoms with E-state index in [-0.39, 0.29) is 58.3 Å². The van der Waals surface area contributed by atoms with Crippen LogP contribution in [0.2, 0.25) is 0 Å². The van der Waals surface area contributed by atoms with Gasteiger partial charge in [-0.1, -0.05) is 53.7 Å². The molecule has 1 aliphatic heterocycles. The second-order valence-electron chi connectivity index (χ2n) is 10.8. The zero-order chi connectivity index (χ0) is 32.8. The van der Waals surface area contributed by atoms with E-state index in [4.69, 9.17) is 9.47 Å². The predicted molar refractivity (Wildman–Crippen MR) is 168 cm³/mol. The molecule has 3 heterocycles. The van der Waals surface area contributed by atoms with Crippen molar-refractivity contribution < 1.29 is 28.7 Å². The number of ether oxygens (including phenoxy) is 2. The molecular weight excluding hydrogens is 606 g/mol. The van der Waals surface area contributed by atoms with Crippen LogP contribution < -0.4 is 21.3 Å². The van der Waals surface area contributed by atoms with Crippen molar-refractivity contribution in [3.8, 4) is 5.69 Å². The van der Waals surface area contributed by atoms with Gasteiger partial charge in [-0.25, -0.2) is 9.67 Å². The molecule has 0 aliphatic carbocycles. The molecule has 1 aliphatic rings. The lowest BCUT2D eigenvalue weighted by molar-refractivity contribution is -0.133. The zero-order valence-electron chi connectivity index (χ0n) is 25.7. The van der Waals surface area contributed by atoms with Gasteiger partial charge in [-0.2, -0.15) is 0 Å². The Bertz CT molecular complexity index is 1630. The quantitative estimate of drug-likeness (QED) is 0.190. The van der Waals surface area contributed by atoms with Gasteiger partial charge in [0, 0.05) is 32.1 Å². The first-order valence-electron chi connectivity index (χ1n) is 15.2. The summed E-state index contributed by atoms with van der Waals surface area (Å²) in [5, 5.41) is 19.5. The maximum atomic E-state index is 13.7. The molecule has 15 heteroatoms. The van der Waals surface area contributed by atoms with Gasteiger partial charge < -0.3 is 35.3 Å². The number of para-hydroxylation sites is 1. The summed E-state index contributed by atoms with van der Waals surface area (Å²) in [6.45, 7) is 0.944. The molecule has 0 bridgehead atoms. The van der Waals surface area contributed by atoms with Gasteiger partial charge in [-0.3, -0.25) is 19.2 Å². The predicted octanol–water partition coefficient (Wildman–Crippen LogP) is -0.302. The van der Waals surface area contributed by atoms with Crippen LogP contribution >= 0.6 is 0 Å². The SMILES string of the molecule is O=C(Cn1cnc(C[C@@H]2NC(=O)COCCOCCNC(=O)[C@@H](Cc3cn(-c4ccccc4)nn3)NC2=O)c1)NCc1ccccc1. The highest BCUT2D eigenvalue weighted by atomic mass is 16.5. The number of imidazole rings is 1. The minimum absolute atomic E-state index is 0.00214. The van der Waals surface area contributed by atoms with Gasteiger partial charge in [0.1, 0.15) is 25.2 Å². The average molecular weight is 644 g/mol. The van der Waals surface area contributed by atoms with Gasteiger partial charge >= 0.3 is 0 Å². The highest BCUT2D eigenvalue weighted by Crippen LogP contribution is 2.09. The lowest BCUT2D eigenvalue weighted by Gasteiger charge is -2.22. The van der Waals surface area contributed by atoms with Gasteiger partial charge in [0.25, 0.3) is 0 Å². The molecule has 4 aromatic rings. The average Bonchev–Trinajstić information content (AvgIpc) is 3.74. The van der Waals surface area contributed by atoms with Gasteiger partial charge in [0.2, 0.25) is 23.6 Å². The van der Waals surface area contributed by atoms with Crippen LogP contribution in [0.3, 0.4) is 0 Å². The van der Waals surface area contributed by atoms with E-state index in [0.717, 1.165) is 11.3 Å². The normalized spacial score (nSPS) is 18.3. The van der Waals surface area contributed by atoms with E-state index in [1.54, 1.807) is 21.6 Å². The van der Waals surface area contributed by atoms with E-state index >= 15 is 0 Å². The smallest absolute Gasteiger partial charge is 0.246 e. The second kappa shape index (κ2) is 16.8. The largest absolute Gasteiger partial charge is 0.377 e. The summed E-state index contributed by atoms with van der Waals surface area (Å²) in [5.41, 5.74) is 2.70. The monoisotopic (exact) mass is 643 g/mol. The third kappa shape index (κ3) is 10.3. The van der Waals surface area contributed by atoms with Crippen molar-refractivity contribution in [2.24, 2.45) is 0 Å². The molecule has 2 aromatic heterocycles. The molecule has 2 atom stereocenters. The fourth-order valence-corrected chi connectivity index (χ4v) is 4.81. The van der Waals surface area contributed by atoms with Gasteiger partial charge in [0.15, 0.2) is 0 Å². The Labute approximate surface area is 271 Å². The van der Waals surface area contributed by atoms with Crippen LogP contribution in [-0.4, -0.2) is 93.2 Å². The molecule has 1 fully saturated rings. The standard InChI is InChI=1S/C32H37N9O6/c42-29(34-17-23-7-3-1-4-8-23)20-40-18-24(35-22-40)15-28-32(45)37-27(16-25-19-41(39-38-25)26-9-5-2-6-10-26)31(44)33-11-12-46-13-14-47-21-30(43)36-28/h1-10,18-19,22,27-28H,11-17,20-21H2,(H,33,44)(H,34,42)(H,36,43)(H,37,45)/t27-,28+/m1/s1. The van der Waals surface area contributed by atoms with Crippen molar-refractivity contribution in [2.75, 3.05) is 33.0 Å². The number of rotatable bonds is 9. The Kier molecular flexibility index (Phi) is 11.8. The highest BCUT2D eigenvalue weighted by Gasteiger charge is 2.29. The maximum Gasteiger partial charge on any atom is 0.246 e. The summed E-state index contributed by atoms with van der Waals surface area (Å²) < 4.78 is 14.0. The molecule has 2 aromatic carbocycles. The Balaban J connectivity index is 1.27. The summed E-state index contributed by atoms with van der Waals surface area (Å²) >= 11 is 0. The molecule has 5 rings (SSSR count). The molecule has 15 nitrogen and oxygen atoms in total. The van der Waals surface area contributed by atoms with E-state index in [9.17, 15) is 19.2 Å². The summed E-state index contributed by atoms with van der Waals surface area (Å²) in [6, 6.07) is 16.8. The Morgan fingerprint density at radius 3 is 2.38 bits per heavy atom. The number of aromatic nitrogens is 5. The van der Waals surface area contributed by atoms with Crippen molar-refractivity contribution in [1.29, 1.82) is 0 Å². The molecule has 0 saturated carbocycles. The number of nitrogens with zero attached hydrogens (tertiary/aromatic N) is 5. The third-order valence-electron chi connectivity index (χ3n) is 7.17. The maximum absolute atomic E-state index is 13.7. The molecular formula is C32H37N9O6. The van der Waals surface area contributed by atoms with E-state index in [1.807, 2.05) is 60.7 Å². The number of amides is 4. The number of hydrogen-bond acceptors (Lipinski definition) is 9. The summed E-state index contributed by atoms with van der Waals surface area (Å²) in [7, 11) is 0. The first-order chi connectivity index (χ1) is 22.9. The molecule has 0 radical (unpaired) electrons. The fraction of sp³-hybridized carbons (Fsp3) is 0.344. The number of carbonyl (C=O) groups is 4. The number of nitrogens with one attached hydrogen (secondary N) is 4. The molecule has 4 amide bonds. The summed E-state index contributed by atoms with van der Waals surface area (Å²) in [4.78, 5) is 56.5. The van der Waals surface area contributed by atoms with Crippen LogP contribution in [0.15, 0.2) is 79.4 Å². The third-order valence-corrected chi connectivity index (χ3v) is 7.17. The molecule has 1 saturated heterocycles. The van der Waals surface area contributed by atoms with Crippen LogP contribution in [0.1, 0.15) is 17.0 Å². The fourth-order valence-electron chi connectivity index (χ4n) is 4.81. The van der Waals surface area contributed by atoms with Crippen LogP contribution in [0.5, 0.6) is 0 Å². The first kappa shape index (κ1) is 33.0. The lowest BCUT2D eigenvalue weighted by Crippen LogP contribution is -2.55. The van der Waals surface area contributed by atoms with Crippen molar-refractivity contribution in [2.45, 2.75) is 38.0 Å². The van der Waals surface area contributed by atoms with E-state index in [2.05, 4.69) is 36.6 Å². The minimum Gasteiger partial charge on any atom is -0.377 e. The topological polar surface area (TPSA) is 183 Å². The van der Waals surface area contributed by atoms with E-state index < -0.39 is 29.8 Å². The van der Waals surface area contributed by atoms with Crippen molar-refractivity contribution in [3.63, 3.8) is 0 Å². The highest BCUT2D eigenvalue weighted by molar-refractivity contribution is 5.92. The molecule has 0 unspecified atom stereocenters. The van der Waals surface area contributed by atoms with Gasteiger partial charge in [-0.15, -0.1) is 5.10 Å². The van der Waals surface area contributed by atoms with Crippen LogP contribution in [-0.2, 0) is 54.6 Å². The van der Waals surface area contributed by atoms with Gasteiger partial charge in [-0.05, 0) is 17.7 Å². The Morgan fingerprint density at radius 1 is 0.851 bits per heavy atom. The van der Waals surface area contributed by atoms with Crippen molar-refractivity contribution in [1.82, 2.24) is 45.8 Å². The molecule has 0 spiro atoms. The molecule has 4 N–H and O–H groups in total. The van der Waals surface area contributed by atoms with Gasteiger partial charge in [0.05, 0.1) is 49.4 Å². The summed E-state index contributed by atoms with van der Waals surface area (Å²) in [5.74, 6) is -1.78. The van der Waals surface area contributed by atoms with Crippen molar-refractivity contribution >= 4 is 23.6 Å². The first-order valence-corrected chi connectivity index (χ1v) is 15.2. The zero-order valence-corrected chi connectivity index (χ0v) is 25.7. The van der Waals surface area contributed by atoms with Crippen LogP contribution in [0.25, 0.3) is 5.69 Å². The number of carbonyl (C=O) groups excluding carboxylic acids is 4. The van der Waals surface area contributed by atoms with E-state index in [0.29, 0.717) is 17.9 Å². The van der Waals surface area contributed by atoms with Crippen LogP contribution in [0, 0.1) is 0 Å². The Hall–Kier alpha value is -5.41. The minimum atomic E-state index is -1.10.